The van der Waals surface area contributed by atoms with Gasteiger partial charge in [-0.05, 0) is 44.4 Å². The molecule has 0 atom stereocenters. The van der Waals surface area contributed by atoms with Gasteiger partial charge in [0, 0.05) is 23.7 Å². The fourth-order valence-corrected chi connectivity index (χ4v) is 2.79. The first-order chi connectivity index (χ1) is 14.1. The maximum absolute atomic E-state index is 12.2. The van der Waals surface area contributed by atoms with Crippen molar-refractivity contribution >= 4 is 52.3 Å². The van der Waals surface area contributed by atoms with Crippen LogP contribution < -0.4 is 16.0 Å². The number of aromatic hydroxyl groups is 2. The van der Waals surface area contributed by atoms with Gasteiger partial charge < -0.3 is 31.1 Å². The molecule has 0 aliphatic carbocycles. The maximum Gasteiger partial charge on any atom is 0.314 e. The van der Waals surface area contributed by atoms with Gasteiger partial charge in [0.15, 0.2) is 5.75 Å². The second kappa shape index (κ2) is 10.1. The van der Waals surface area contributed by atoms with Gasteiger partial charge in [0.25, 0.3) is 5.91 Å². The van der Waals surface area contributed by atoms with Crippen molar-refractivity contribution in [2.75, 3.05) is 37.8 Å². The van der Waals surface area contributed by atoms with Gasteiger partial charge >= 0.3 is 11.8 Å². The van der Waals surface area contributed by atoms with E-state index in [-0.39, 0.29) is 32.7 Å². The predicted octanol–water partition coefficient (Wildman–Crippen LogP) is 2.27. The van der Waals surface area contributed by atoms with Gasteiger partial charge in [-0.2, -0.15) is 0 Å². The Hall–Kier alpha value is -3.01. The number of hydrogen-bond acceptors (Lipinski definition) is 6. The molecule has 0 aromatic heterocycles. The summed E-state index contributed by atoms with van der Waals surface area (Å²) in [6, 6.07) is 6.31. The number of likely N-dealkylation sites (N-methyl/N-ethyl adjacent to an activating group) is 1. The van der Waals surface area contributed by atoms with Crippen LogP contribution in [-0.2, 0) is 9.59 Å². The first kappa shape index (κ1) is 23.3. The lowest BCUT2D eigenvalue weighted by Crippen LogP contribution is -2.31. The SMILES string of the molecule is CN(C)CCNC(=O)c1ccc(O)c(NC(=O)C(=O)Nc2cc(Cl)cc(Cl)c2O)c1. The number of halogens is 2. The van der Waals surface area contributed by atoms with Crippen LogP contribution in [0.25, 0.3) is 0 Å². The summed E-state index contributed by atoms with van der Waals surface area (Å²) in [4.78, 5) is 38.4. The number of nitrogens with zero attached hydrogens (tertiary/aromatic N) is 1. The molecule has 0 saturated heterocycles. The molecule has 2 aromatic carbocycles. The summed E-state index contributed by atoms with van der Waals surface area (Å²) in [6.07, 6.45) is 0. The Labute approximate surface area is 182 Å². The van der Waals surface area contributed by atoms with Gasteiger partial charge in [0.05, 0.1) is 16.4 Å². The molecule has 5 N–H and O–H groups in total. The highest BCUT2D eigenvalue weighted by atomic mass is 35.5. The van der Waals surface area contributed by atoms with Crippen LogP contribution in [0.3, 0.4) is 0 Å². The number of anilines is 2. The minimum absolute atomic E-state index is 0.108. The van der Waals surface area contributed by atoms with E-state index in [0.29, 0.717) is 13.1 Å². The molecule has 9 nitrogen and oxygen atoms in total. The first-order valence-electron chi connectivity index (χ1n) is 8.64. The molecule has 0 unspecified atom stereocenters. The molecule has 2 rings (SSSR count). The van der Waals surface area contributed by atoms with Crippen LogP contribution in [0.1, 0.15) is 10.4 Å². The summed E-state index contributed by atoms with van der Waals surface area (Å²) in [6.45, 7) is 1.04. The van der Waals surface area contributed by atoms with Gasteiger partial charge in [-0.1, -0.05) is 23.2 Å². The van der Waals surface area contributed by atoms with E-state index in [0.717, 1.165) is 0 Å². The first-order valence-corrected chi connectivity index (χ1v) is 9.40. The highest BCUT2D eigenvalue weighted by Gasteiger charge is 2.19. The zero-order valence-corrected chi connectivity index (χ0v) is 17.6. The fraction of sp³-hybridized carbons (Fsp3) is 0.211. The van der Waals surface area contributed by atoms with Crippen LogP contribution in [0.4, 0.5) is 11.4 Å². The molecule has 2 aromatic rings. The van der Waals surface area contributed by atoms with E-state index < -0.39 is 23.5 Å². The Balaban J connectivity index is 2.09. The number of rotatable bonds is 6. The molecule has 30 heavy (non-hydrogen) atoms. The zero-order chi connectivity index (χ0) is 22.4. The van der Waals surface area contributed by atoms with Gasteiger partial charge in [-0.15, -0.1) is 0 Å². The molecule has 0 spiro atoms. The summed E-state index contributed by atoms with van der Waals surface area (Å²) < 4.78 is 0. The second-order valence-electron chi connectivity index (χ2n) is 6.48. The van der Waals surface area contributed by atoms with E-state index in [1.54, 1.807) is 0 Å². The van der Waals surface area contributed by atoms with Crippen molar-refractivity contribution in [3.8, 4) is 11.5 Å². The van der Waals surface area contributed by atoms with Crippen LogP contribution in [0, 0.1) is 0 Å². The lowest BCUT2D eigenvalue weighted by molar-refractivity contribution is -0.133. The summed E-state index contributed by atoms with van der Waals surface area (Å²) in [7, 11) is 3.73. The molecule has 0 aliphatic rings. The Bertz CT molecular complexity index is 982. The summed E-state index contributed by atoms with van der Waals surface area (Å²) in [5, 5.41) is 26.9. The van der Waals surface area contributed by atoms with E-state index in [9.17, 15) is 24.6 Å². The van der Waals surface area contributed by atoms with E-state index in [1.807, 2.05) is 19.0 Å². The van der Waals surface area contributed by atoms with Crippen LogP contribution >= 0.6 is 23.2 Å². The molecule has 3 amide bonds. The van der Waals surface area contributed by atoms with E-state index >= 15 is 0 Å². The number of nitrogens with one attached hydrogen (secondary N) is 3. The van der Waals surface area contributed by atoms with Crippen molar-refractivity contribution in [1.82, 2.24) is 10.2 Å². The maximum atomic E-state index is 12.2. The van der Waals surface area contributed by atoms with Gasteiger partial charge in [0.1, 0.15) is 5.75 Å². The van der Waals surface area contributed by atoms with Crippen molar-refractivity contribution in [3.63, 3.8) is 0 Å². The fourth-order valence-electron chi connectivity index (χ4n) is 2.29. The third kappa shape index (κ3) is 6.24. The van der Waals surface area contributed by atoms with Crippen LogP contribution in [0.2, 0.25) is 10.0 Å². The van der Waals surface area contributed by atoms with Gasteiger partial charge in [0.2, 0.25) is 0 Å². The van der Waals surface area contributed by atoms with Crippen molar-refractivity contribution in [2.24, 2.45) is 0 Å². The number of hydrogen-bond donors (Lipinski definition) is 5. The van der Waals surface area contributed by atoms with Crippen LogP contribution in [-0.4, -0.2) is 60.0 Å². The number of phenolic OH excluding ortho intramolecular Hbond substituents is 2. The molecule has 160 valence electrons. The number of amides is 3. The predicted molar refractivity (Wildman–Crippen MR) is 114 cm³/mol. The van der Waals surface area contributed by atoms with E-state index in [2.05, 4.69) is 16.0 Å². The van der Waals surface area contributed by atoms with Crippen LogP contribution in [0.5, 0.6) is 11.5 Å². The summed E-state index contributed by atoms with van der Waals surface area (Å²) in [5.74, 6) is -3.50. The third-order valence-electron chi connectivity index (χ3n) is 3.83. The smallest absolute Gasteiger partial charge is 0.314 e. The number of benzene rings is 2. The van der Waals surface area contributed by atoms with Crippen molar-refractivity contribution in [3.05, 3.63) is 45.9 Å². The van der Waals surface area contributed by atoms with E-state index in [1.165, 1.54) is 30.3 Å². The van der Waals surface area contributed by atoms with Gasteiger partial charge in [-0.25, -0.2) is 0 Å². The quantitative estimate of drug-likeness (QED) is 0.336. The number of phenols is 2. The topological polar surface area (TPSA) is 131 Å². The molecule has 0 saturated carbocycles. The monoisotopic (exact) mass is 454 g/mol. The molecule has 0 aliphatic heterocycles. The highest BCUT2D eigenvalue weighted by molar-refractivity contribution is 6.44. The Morgan fingerprint density at radius 1 is 0.967 bits per heavy atom. The lowest BCUT2D eigenvalue weighted by atomic mass is 10.1. The zero-order valence-electron chi connectivity index (χ0n) is 16.1. The van der Waals surface area contributed by atoms with Crippen molar-refractivity contribution in [2.45, 2.75) is 0 Å². The molecule has 0 heterocycles. The Morgan fingerprint density at radius 3 is 2.23 bits per heavy atom. The highest BCUT2D eigenvalue weighted by Crippen LogP contribution is 2.35. The molecular weight excluding hydrogens is 435 g/mol. The lowest BCUT2D eigenvalue weighted by Gasteiger charge is -2.12. The van der Waals surface area contributed by atoms with Crippen molar-refractivity contribution in [1.29, 1.82) is 0 Å². The Morgan fingerprint density at radius 2 is 1.60 bits per heavy atom. The third-order valence-corrected chi connectivity index (χ3v) is 4.34. The van der Waals surface area contributed by atoms with Gasteiger partial charge in [-0.3, -0.25) is 14.4 Å². The van der Waals surface area contributed by atoms with E-state index in [4.69, 9.17) is 23.2 Å². The minimum atomic E-state index is -1.15. The molecule has 0 fully saturated rings. The second-order valence-corrected chi connectivity index (χ2v) is 7.33. The normalized spacial score (nSPS) is 10.6. The molecular formula is C19H20Cl2N4O5. The summed E-state index contributed by atoms with van der Waals surface area (Å²) >= 11 is 11.6. The minimum Gasteiger partial charge on any atom is -0.506 e. The Kier molecular flexibility index (Phi) is 7.87. The average molecular weight is 455 g/mol. The largest absolute Gasteiger partial charge is 0.506 e. The van der Waals surface area contributed by atoms with Crippen LogP contribution in [0.15, 0.2) is 30.3 Å². The molecule has 11 heteroatoms. The van der Waals surface area contributed by atoms with Crippen molar-refractivity contribution < 1.29 is 24.6 Å². The number of carbonyl (C=O) groups is 3. The number of carbonyl (C=O) groups excluding carboxylic acids is 3. The standard InChI is InChI=1S/C19H20Cl2N4O5/c1-25(2)6-5-22-17(28)10-3-4-15(26)13(7-10)23-18(29)19(30)24-14-9-11(20)8-12(21)16(14)27/h3-4,7-9,26-27H,5-6H2,1-2H3,(H,22,28)(H,23,29)(H,24,30). The average Bonchev–Trinajstić information content (AvgIpc) is 2.66. The molecule has 0 bridgehead atoms. The molecule has 0 radical (unpaired) electrons. The summed E-state index contributed by atoms with van der Waals surface area (Å²) in [5.41, 5.74) is -0.115.